The summed E-state index contributed by atoms with van der Waals surface area (Å²) in [6.07, 6.45) is 4.97. The van der Waals surface area contributed by atoms with Crippen LogP contribution in [0.15, 0.2) is 18.3 Å². The van der Waals surface area contributed by atoms with E-state index in [-0.39, 0.29) is 23.6 Å². The normalized spacial score (nSPS) is 23.7. The molecule has 0 atom stereocenters. The summed E-state index contributed by atoms with van der Waals surface area (Å²) >= 11 is 0. The predicted octanol–water partition coefficient (Wildman–Crippen LogP) is 2.63. The average Bonchev–Trinajstić information content (AvgIpc) is 2.40. The van der Waals surface area contributed by atoms with Crippen LogP contribution in [0.1, 0.15) is 44.2 Å². The summed E-state index contributed by atoms with van der Waals surface area (Å²) < 4.78 is 13.6. The Labute approximate surface area is 107 Å². The quantitative estimate of drug-likeness (QED) is 0.896. The third-order valence-corrected chi connectivity index (χ3v) is 3.62. The molecule has 0 radical (unpaired) electrons. The molecule has 1 N–H and O–H groups in total. The first-order chi connectivity index (χ1) is 8.72. The minimum atomic E-state index is -0.223. The third-order valence-electron chi connectivity index (χ3n) is 3.62. The van der Waals surface area contributed by atoms with E-state index in [2.05, 4.69) is 10.3 Å². The second kappa shape index (κ2) is 5.94. The maximum atomic E-state index is 13.6. The first-order valence-corrected chi connectivity index (χ1v) is 6.60. The van der Waals surface area contributed by atoms with Gasteiger partial charge in [-0.1, -0.05) is 0 Å². The zero-order valence-corrected chi connectivity index (χ0v) is 10.7. The number of carbonyl (C=O) groups is 1. The second-order valence-electron chi connectivity index (χ2n) is 4.81. The molecule has 1 aliphatic carbocycles. The van der Waals surface area contributed by atoms with Gasteiger partial charge >= 0.3 is 0 Å². The lowest BCUT2D eigenvalue weighted by Gasteiger charge is -2.27. The second-order valence-corrected chi connectivity index (χ2v) is 4.81. The number of halogens is 1. The van der Waals surface area contributed by atoms with Crippen LogP contribution in [0.2, 0.25) is 0 Å². The minimum Gasteiger partial charge on any atom is -0.356 e. The smallest absolute Gasteiger partial charge is 0.223 e. The first kappa shape index (κ1) is 13.0. The average molecular weight is 250 g/mol. The number of pyridine rings is 1. The number of hydrogen-bond acceptors (Lipinski definition) is 2. The maximum absolute atomic E-state index is 13.6. The minimum absolute atomic E-state index is 0.0907. The van der Waals surface area contributed by atoms with Crippen molar-refractivity contribution >= 4 is 5.91 Å². The SMILES string of the molecule is CCNC(=O)C1CCC(c2ncccc2F)CC1. The van der Waals surface area contributed by atoms with Crippen molar-refractivity contribution in [3.63, 3.8) is 0 Å². The van der Waals surface area contributed by atoms with E-state index in [9.17, 15) is 9.18 Å². The van der Waals surface area contributed by atoms with Crippen molar-refractivity contribution in [3.05, 3.63) is 29.8 Å². The van der Waals surface area contributed by atoms with Crippen LogP contribution in [0.4, 0.5) is 4.39 Å². The molecule has 0 bridgehead atoms. The van der Waals surface area contributed by atoms with Crippen molar-refractivity contribution in [1.82, 2.24) is 10.3 Å². The molecule has 4 heteroatoms. The Morgan fingerprint density at radius 1 is 1.44 bits per heavy atom. The molecule has 2 rings (SSSR count). The van der Waals surface area contributed by atoms with E-state index in [0.29, 0.717) is 12.2 Å². The molecule has 0 unspecified atom stereocenters. The predicted molar refractivity (Wildman–Crippen MR) is 67.6 cm³/mol. The summed E-state index contributed by atoms with van der Waals surface area (Å²) in [5.74, 6) is 0.168. The molecule has 0 saturated heterocycles. The number of hydrogen-bond donors (Lipinski definition) is 1. The van der Waals surface area contributed by atoms with Gasteiger partial charge in [-0.05, 0) is 44.7 Å². The maximum Gasteiger partial charge on any atom is 0.223 e. The fourth-order valence-corrected chi connectivity index (χ4v) is 2.65. The van der Waals surface area contributed by atoms with Crippen molar-refractivity contribution in [3.8, 4) is 0 Å². The zero-order valence-electron chi connectivity index (χ0n) is 10.7. The van der Waals surface area contributed by atoms with E-state index in [0.717, 1.165) is 25.7 Å². The van der Waals surface area contributed by atoms with Crippen LogP contribution in [-0.2, 0) is 4.79 Å². The number of nitrogens with one attached hydrogen (secondary N) is 1. The van der Waals surface area contributed by atoms with Gasteiger partial charge in [0.25, 0.3) is 0 Å². The molecular weight excluding hydrogens is 231 g/mol. The van der Waals surface area contributed by atoms with Gasteiger partial charge in [-0.25, -0.2) is 4.39 Å². The molecule has 98 valence electrons. The number of amides is 1. The van der Waals surface area contributed by atoms with Crippen molar-refractivity contribution in [2.24, 2.45) is 5.92 Å². The van der Waals surface area contributed by atoms with E-state index in [4.69, 9.17) is 0 Å². The van der Waals surface area contributed by atoms with E-state index in [1.807, 2.05) is 6.92 Å². The van der Waals surface area contributed by atoms with Gasteiger partial charge < -0.3 is 5.32 Å². The summed E-state index contributed by atoms with van der Waals surface area (Å²) in [6, 6.07) is 3.07. The number of rotatable bonds is 3. The lowest BCUT2D eigenvalue weighted by molar-refractivity contribution is -0.125. The molecule has 0 spiro atoms. The van der Waals surface area contributed by atoms with Crippen LogP contribution < -0.4 is 5.32 Å². The van der Waals surface area contributed by atoms with Gasteiger partial charge in [0.2, 0.25) is 5.91 Å². The van der Waals surface area contributed by atoms with Gasteiger partial charge in [-0.3, -0.25) is 9.78 Å². The Bertz CT molecular complexity index is 414. The molecule has 1 aromatic heterocycles. The molecule has 3 nitrogen and oxygen atoms in total. The Kier molecular flexibility index (Phi) is 4.28. The standard InChI is InChI=1S/C14H19FN2O/c1-2-16-14(18)11-7-5-10(6-8-11)13-12(15)4-3-9-17-13/h3-4,9-11H,2,5-8H2,1H3,(H,16,18). The molecule has 1 aliphatic rings. The monoisotopic (exact) mass is 250 g/mol. The fraction of sp³-hybridized carbons (Fsp3) is 0.571. The molecule has 1 fully saturated rings. The summed E-state index contributed by atoms with van der Waals surface area (Å²) in [6.45, 7) is 2.60. The number of nitrogens with zero attached hydrogens (tertiary/aromatic N) is 1. The van der Waals surface area contributed by atoms with Gasteiger partial charge in [0.05, 0.1) is 5.69 Å². The third kappa shape index (κ3) is 2.86. The highest BCUT2D eigenvalue weighted by Gasteiger charge is 2.28. The van der Waals surface area contributed by atoms with E-state index >= 15 is 0 Å². The lowest BCUT2D eigenvalue weighted by Crippen LogP contribution is -2.32. The number of aromatic nitrogens is 1. The van der Waals surface area contributed by atoms with Crippen molar-refractivity contribution in [1.29, 1.82) is 0 Å². The van der Waals surface area contributed by atoms with Crippen molar-refractivity contribution in [2.45, 2.75) is 38.5 Å². The van der Waals surface area contributed by atoms with Gasteiger partial charge in [0.15, 0.2) is 0 Å². The Balaban J connectivity index is 1.95. The molecule has 1 aromatic rings. The Morgan fingerprint density at radius 3 is 2.78 bits per heavy atom. The van der Waals surface area contributed by atoms with Crippen LogP contribution in [0.3, 0.4) is 0 Å². The fourth-order valence-electron chi connectivity index (χ4n) is 2.65. The van der Waals surface area contributed by atoms with Crippen LogP contribution in [0.5, 0.6) is 0 Å². The summed E-state index contributed by atoms with van der Waals surface area (Å²) in [4.78, 5) is 15.8. The lowest BCUT2D eigenvalue weighted by atomic mass is 9.80. The highest BCUT2D eigenvalue weighted by Crippen LogP contribution is 2.35. The van der Waals surface area contributed by atoms with E-state index in [1.54, 1.807) is 12.3 Å². The highest BCUT2D eigenvalue weighted by molar-refractivity contribution is 5.78. The Morgan fingerprint density at radius 2 is 2.17 bits per heavy atom. The largest absolute Gasteiger partial charge is 0.356 e. The van der Waals surface area contributed by atoms with Gasteiger partial charge in [0.1, 0.15) is 5.82 Å². The molecular formula is C14H19FN2O. The van der Waals surface area contributed by atoms with Crippen molar-refractivity contribution in [2.75, 3.05) is 6.54 Å². The summed E-state index contributed by atoms with van der Waals surface area (Å²) in [5.41, 5.74) is 0.562. The molecule has 18 heavy (non-hydrogen) atoms. The Hall–Kier alpha value is -1.45. The van der Waals surface area contributed by atoms with Crippen LogP contribution in [-0.4, -0.2) is 17.4 Å². The summed E-state index contributed by atoms with van der Waals surface area (Å²) in [5, 5.41) is 2.85. The first-order valence-electron chi connectivity index (χ1n) is 6.60. The highest BCUT2D eigenvalue weighted by atomic mass is 19.1. The molecule has 1 saturated carbocycles. The zero-order chi connectivity index (χ0) is 13.0. The van der Waals surface area contributed by atoms with Crippen LogP contribution in [0.25, 0.3) is 0 Å². The van der Waals surface area contributed by atoms with Gasteiger partial charge in [-0.15, -0.1) is 0 Å². The summed E-state index contributed by atoms with van der Waals surface area (Å²) in [7, 11) is 0. The van der Waals surface area contributed by atoms with E-state index in [1.165, 1.54) is 6.07 Å². The van der Waals surface area contributed by atoms with E-state index < -0.39 is 0 Å². The molecule has 1 heterocycles. The van der Waals surface area contributed by atoms with Crippen LogP contribution >= 0.6 is 0 Å². The molecule has 0 aromatic carbocycles. The van der Waals surface area contributed by atoms with Gasteiger partial charge in [-0.2, -0.15) is 0 Å². The topological polar surface area (TPSA) is 42.0 Å². The van der Waals surface area contributed by atoms with Crippen LogP contribution in [0, 0.1) is 11.7 Å². The molecule has 1 amide bonds. The molecule has 0 aliphatic heterocycles. The van der Waals surface area contributed by atoms with Crippen molar-refractivity contribution < 1.29 is 9.18 Å². The van der Waals surface area contributed by atoms with Gasteiger partial charge in [0, 0.05) is 24.6 Å². The number of carbonyl (C=O) groups excluding carboxylic acids is 1.